The molecule has 0 bridgehead atoms. The van der Waals surface area contributed by atoms with Gasteiger partial charge in [-0.05, 0) is 42.2 Å². The molecule has 0 saturated heterocycles. The molecule has 2 aromatic carbocycles. The number of rotatable bonds is 0. The Morgan fingerprint density at radius 3 is 2.28 bits per heavy atom. The Kier molecular flexibility index (Phi) is 2.86. The molecule has 0 heterocycles. The molecule has 0 amide bonds. The molecule has 0 fully saturated rings. The molecule has 3 rings (SSSR count). The topological polar surface area (TPSA) is 17.1 Å². The largest absolute Gasteiger partial charge is 0.289 e. The lowest BCUT2D eigenvalue weighted by molar-refractivity contribution is 0.103. The van der Waals surface area contributed by atoms with Crippen molar-refractivity contribution in [3.8, 4) is 0 Å². The van der Waals surface area contributed by atoms with Crippen molar-refractivity contribution in [3.63, 3.8) is 0 Å². The Morgan fingerprint density at radius 2 is 1.56 bits per heavy atom. The fourth-order valence-corrected chi connectivity index (χ4v) is 2.96. The van der Waals surface area contributed by atoms with Crippen LogP contribution in [0, 0.1) is 0 Å². The molecular weight excluding hydrogens is 287 g/mol. The zero-order valence-corrected chi connectivity index (χ0v) is 11.8. The Balaban J connectivity index is 2.18. The van der Waals surface area contributed by atoms with E-state index < -0.39 is 0 Å². The van der Waals surface area contributed by atoms with Gasteiger partial charge in [0.05, 0.1) is 0 Å². The predicted molar refractivity (Wildman–Crippen MR) is 79.6 cm³/mol. The summed E-state index contributed by atoms with van der Waals surface area (Å²) in [6.45, 7) is 0. The van der Waals surface area contributed by atoms with E-state index in [2.05, 4.69) is 35.9 Å². The van der Waals surface area contributed by atoms with Gasteiger partial charge in [0.2, 0.25) is 0 Å². The van der Waals surface area contributed by atoms with E-state index in [1.165, 1.54) is 11.0 Å². The van der Waals surface area contributed by atoms with Crippen LogP contribution in [0.2, 0.25) is 0 Å². The van der Waals surface area contributed by atoms with E-state index in [0.717, 1.165) is 34.0 Å². The second-order valence-corrected chi connectivity index (χ2v) is 5.71. The first-order valence-electron chi connectivity index (χ1n) is 6.08. The molecule has 1 nitrogen and oxygen atoms in total. The summed E-state index contributed by atoms with van der Waals surface area (Å²) in [5.41, 5.74) is 5.24. The van der Waals surface area contributed by atoms with Gasteiger partial charge >= 0.3 is 0 Å². The summed E-state index contributed by atoms with van der Waals surface area (Å²) >= 11 is 3.47. The zero-order valence-electron chi connectivity index (χ0n) is 10.2. The maximum absolute atomic E-state index is 12.5. The average molecular weight is 299 g/mol. The number of hydrogen-bond donors (Lipinski definition) is 0. The van der Waals surface area contributed by atoms with Crippen LogP contribution >= 0.6 is 15.9 Å². The summed E-state index contributed by atoms with van der Waals surface area (Å²) in [5, 5.41) is 0. The van der Waals surface area contributed by atoms with Gasteiger partial charge in [-0.3, -0.25) is 4.79 Å². The third kappa shape index (κ3) is 1.93. The van der Waals surface area contributed by atoms with E-state index >= 15 is 0 Å². The monoisotopic (exact) mass is 298 g/mol. The van der Waals surface area contributed by atoms with Crippen LogP contribution in [0.3, 0.4) is 0 Å². The van der Waals surface area contributed by atoms with Crippen molar-refractivity contribution in [1.29, 1.82) is 0 Å². The van der Waals surface area contributed by atoms with Gasteiger partial charge < -0.3 is 0 Å². The van der Waals surface area contributed by atoms with E-state index in [1.807, 2.05) is 24.3 Å². The fourth-order valence-electron chi connectivity index (χ4n) is 2.56. The highest BCUT2D eigenvalue weighted by Crippen LogP contribution is 2.26. The Hall–Kier alpha value is -1.35. The highest BCUT2D eigenvalue weighted by Gasteiger charge is 2.20. The van der Waals surface area contributed by atoms with E-state index in [4.69, 9.17) is 0 Å². The van der Waals surface area contributed by atoms with Gasteiger partial charge in [0, 0.05) is 15.6 Å². The van der Waals surface area contributed by atoms with Crippen LogP contribution in [0.4, 0.5) is 0 Å². The lowest BCUT2D eigenvalue weighted by Crippen LogP contribution is -2.09. The fraction of sp³-hybridized carbons (Fsp3) is 0.133. The third-order valence-electron chi connectivity index (χ3n) is 3.48. The smallest absolute Gasteiger partial charge is 0.193 e. The first kappa shape index (κ1) is 11.7. The van der Waals surface area contributed by atoms with Crippen LogP contribution in [0.25, 0.3) is 0 Å². The molecule has 0 N–H and O–H groups in total. The van der Waals surface area contributed by atoms with Crippen molar-refractivity contribution in [2.45, 2.75) is 12.8 Å². The summed E-state index contributed by atoms with van der Waals surface area (Å²) in [4.78, 5) is 12.5. The molecule has 0 radical (unpaired) electrons. The van der Waals surface area contributed by atoms with E-state index in [-0.39, 0.29) is 5.78 Å². The lowest BCUT2D eigenvalue weighted by Gasteiger charge is -2.06. The van der Waals surface area contributed by atoms with E-state index in [0.29, 0.717) is 0 Å². The maximum atomic E-state index is 12.5. The minimum atomic E-state index is 0.157. The minimum absolute atomic E-state index is 0.157. The molecule has 0 atom stereocenters. The summed E-state index contributed by atoms with van der Waals surface area (Å²) < 4.78 is 1.04. The van der Waals surface area contributed by atoms with Crippen LogP contribution < -0.4 is 5.46 Å². The second kappa shape index (κ2) is 4.40. The molecule has 0 saturated carbocycles. The van der Waals surface area contributed by atoms with Gasteiger partial charge in [0.15, 0.2) is 5.78 Å². The summed E-state index contributed by atoms with van der Waals surface area (Å²) in [7, 11) is 2.07. The number of carbonyl (C=O) groups is 1. The van der Waals surface area contributed by atoms with Crippen LogP contribution in [0.5, 0.6) is 0 Å². The molecular formula is C15H12BBrO. The van der Waals surface area contributed by atoms with Crippen molar-refractivity contribution in [2.24, 2.45) is 0 Å². The predicted octanol–water partition coefficient (Wildman–Crippen LogP) is 2.04. The molecule has 0 unspecified atom stereocenters. The lowest BCUT2D eigenvalue weighted by atomic mass is 9.90. The summed E-state index contributed by atoms with van der Waals surface area (Å²) in [6.07, 6.45) is 1.86. The first-order chi connectivity index (χ1) is 8.65. The normalized spacial score (nSPS) is 13.7. The van der Waals surface area contributed by atoms with Crippen molar-refractivity contribution in [3.05, 3.63) is 63.1 Å². The number of ketones is 1. The van der Waals surface area contributed by atoms with E-state index in [9.17, 15) is 4.79 Å². The molecule has 0 aromatic heterocycles. The van der Waals surface area contributed by atoms with Gasteiger partial charge in [-0.15, -0.1) is 0 Å². The van der Waals surface area contributed by atoms with Crippen molar-refractivity contribution >= 4 is 35.0 Å². The number of benzene rings is 2. The maximum Gasteiger partial charge on any atom is 0.193 e. The van der Waals surface area contributed by atoms with Crippen LogP contribution in [0.15, 0.2) is 40.9 Å². The van der Waals surface area contributed by atoms with Gasteiger partial charge in [-0.25, -0.2) is 0 Å². The molecule has 0 spiro atoms. The molecule has 3 heteroatoms. The number of fused-ring (bicyclic) bond motifs is 2. The average Bonchev–Trinajstić information content (AvgIpc) is 2.47. The van der Waals surface area contributed by atoms with Crippen molar-refractivity contribution < 1.29 is 4.79 Å². The van der Waals surface area contributed by atoms with Gasteiger partial charge in [0.25, 0.3) is 0 Å². The quantitative estimate of drug-likeness (QED) is 0.680. The van der Waals surface area contributed by atoms with E-state index in [1.54, 1.807) is 0 Å². The highest BCUT2D eigenvalue weighted by atomic mass is 79.9. The van der Waals surface area contributed by atoms with Crippen molar-refractivity contribution in [2.75, 3.05) is 0 Å². The standard InChI is InChI=1S/C15H12BBrO/c16-11-3-5-13-9(7-11)1-2-10-8-12(17)4-6-14(10)15(13)18/h3-8H,1-2,16H2. The molecule has 1 aliphatic rings. The molecule has 2 aromatic rings. The van der Waals surface area contributed by atoms with Crippen LogP contribution in [-0.2, 0) is 12.8 Å². The minimum Gasteiger partial charge on any atom is -0.289 e. The van der Waals surface area contributed by atoms with Gasteiger partial charge in [-0.2, -0.15) is 0 Å². The zero-order chi connectivity index (χ0) is 12.7. The Morgan fingerprint density at radius 1 is 0.944 bits per heavy atom. The molecule has 88 valence electrons. The second-order valence-electron chi connectivity index (χ2n) is 4.79. The summed E-state index contributed by atoms with van der Waals surface area (Å²) in [5.74, 6) is 0.157. The number of aryl methyl sites for hydroxylation is 2. The van der Waals surface area contributed by atoms with Gasteiger partial charge in [-0.1, -0.05) is 39.6 Å². The molecule has 18 heavy (non-hydrogen) atoms. The first-order valence-corrected chi connectivity index (χ1v) is 6.87. The Labute approximate surface area is 116 Å². The van der Waals surface area contributed by atoms with Crippen molar-refractivity contribution in [1.82, 2.24) is 0 Å². The third-order valence-corrected chi connectivity index (χ3v) is 3.97. The number of halogens is 1. The molecule has 1 aliphatic carbocycles. The van der Waals surface area contributed by atoms with Gasteiger partial charge in [0.1, 0.15) is 7.85 Å². The Bertz CT molecular complexity index is 593. The number of hydrogen-bond acceptors (Lipinski definition) is 1. The molecule has 0 aliphatic heterocycles. The SMILES string of the molecule is Bc1ccc2c(c1)CCc1cc(Br)ccc1C2=O. The summed E-state index contributed by atoms with van der Waals surface area (Å²) in [6, 6.07) is 12.0. The van der Waals surface area contributed by atoms with Crippen LogP contribution in [0.1, 0.15) is 27.0 Å². The number of carbonyl (C=O) groups excluding carboxylic acids is 1. The highest BCUT2D eigenvalue weighted by molar-refractivity contribution is 9.10. The van der Waals surface area contributed by atoms with Crippen LogP contribution in [-0.4, -0.2) is 13.6 Å².